The van der Waals surface area contributed by atoms with E-state index in [0.29, 0.717) is 24.7 Å². The summed E-state index contributed by atoms with van der Waals surface area (Å²) >= 11 is 0. The number of benzene rings is 1. The number of halogens is 1. The molecule has 3 rings (SSSR count). The molecule has 8 heteroatoms. The lowest BCUT2D eigenvalue weighted by Crippen LogP contribution is -2.22. The third-order valence-corrected chi connectivity index (χ3v) is 4.05. The third-order valence-electron chi connectivity index (χ3n) is 4.05. The maximum absolute atomic E-state index is 13.0. The Morgan fingerprint density at radius 1 is 1.30 bits per heavy atom. The Labute approximate surface area is 154 Å². The van der Waals surface area contributed by atoms with Crippen molar-refractivity contribution in [2.45, 2.75) is 26.9 Å². The first-order chi connectivity index (χ1) is 12.9. The van der Waals surface area contributed by atoms with Crippen molar-refractivity contribution in [2.75, 3.05) is 13.7 Å². The summed E-state index contributed by atoms with van der Waals surface area (Å²) < 4.78 is 23.5. The number of ether oxygens (including phenoxy) is 1. The third kappa shape index (κ3) is 4.06. The van der Waals surface area contributed by atoms with Gasteiger partial charge in [-0.1, -0.05) is 12.1 Å². The Kier molecular flexibility index (Phi) is 5.36. The van der Waals surface area contributed by atoms with Gasteiger partial charge >= 0.3 is 5.97 Å². The summed E-state index contributed by atoms with van der Waals surface area (Å²) in [4.78, 5) is 33.5. The second-order valence-corrected chi connectivity index (χ2v) is 6.25. The van der Waals surface area contributed by atoms with Gasteiger partial charge in [0.15, 0.2) is 0 Å². The molecule has 27 heavy (non-hydrogen) atoms. The van der Waals surface area contributed by atoms with Crippen LogP contribution in [0.2, 0.25) is 0 Å². The van der Waals surface area contributed by atoms with Crippen LogP contribution in [0.5, 0.6) is 0 Å². The maximum atomic E-state index is 13.0. The molecule has 2 aromatic heterocycles. The summed E-state index contributed by atoms with van der Waals surface area (Å²) in [6.45, 7) is 4.37. The molecule has 142 valence electrons. The number of carbonyl (C=O) groups is 1. The van der Waals surface area contributed by atoms with Crippen molar-refractivity contribution >= 4 is 17.1 Å². The van der Waals surface area contributed by atoms with Gasteiger partial charge in [-0.05, 0) is 38.6 Å². The number of H-pyrrole nitrogens is 1. The van der Waals surface area contributed by atoms with Crippen molar-refractivity contribution < 1.29 is 18.3 Å². The summed E-state index contributed by atoms with van der Waals surface area (Å²) in [7, 11) is 1.85. The second-order valence-electron chi connectivity index (χ2n) is 6.25. The predicted molar refractivity (Wildman–Crippen MR) is 96.9 cm³/mol. The average molecular weight is 373 g/mol. The highest BCUT2D eigenvalue weighted by molar-refractivity contribution is 6.03. The zero-order valence-electron chi connectivity index (χ0n) is 15.3. The van der Waals surface area contributed by atoms with Gasteiger partial charge in [-0.3, -0.25) is 9.69 Å². The lowest BCUT2D eigenvalue weighted by molar-refractivity contribution is 0.0526. The molecule has 0 fully saturated rings. The van der Waals surface area contributed by atoms with Gasteiger partial charge < -0.3 is 14.1 Å². The first-order valence-corrected chi connectivity index (χ1v) is 8.51. The zero-order valence-corrected chi connectivity index (χ0v) is 15.3. The van der Waals surface area contributed by atoms with Crippen molar-refractivity contribution in [3.63, 3.8) is 0 Å². The quantitative estimate of drug-likeness (QED) is 0.669. The van der Waals surface area contributed by atoms with Crippen molar-refractivity contribution in [1.82, 2.24) is 14.9 Å². The van der Waals surface area contributed by atoms with E-state index >= 15 is 0 Å². The monoisotopic (exact) mass is 373 g/mol. The largest absolute Gasteiger partial charge is 0.462 e. The topological polar surface area (TPSA) is 88.4 Å². The van der Waals surface area contributed by atoms with Gasteiger partial charge in [0.2, 0.25) is 5.71 Å². The minimum Gasteiger partial charge on any atom is -0.462 e. The van der Waals surface area contributed by atoms with E-state index in [4.69, 9.17) is 9.15 Å². The number of nitrogens with zero attached hydrogens (tertiary/aromatic N) is 2. The second kappa shape index (κ2) is 7.71. The number of aryl methyl sites for hydroxylation is 1. The number of aromatic amines is 1. The number of hydrogen-bond acceptors (Lipinski definition) is 6. The lowest BCUT2D eigenvalue weighted by Gasteiger charge is -2.15. The van der Waals surface area contributed by atoms with Crippen LogP contribution in [0.25, 0.3) is 11.1 Å². The summed E-state index contributed by atoms with van der Waals surface area (Å²) in [5.41, 5.74) is 0.683. The number of hydrogen-bond donors (Lipinski definition) is 1. The van der Waals surface area contributed by atoms with E-state index in [-0.39, 0.29) is 29.1 Å². The van der Waals surface area contributed by atoms with E-state index in [1.165, 1.54) is 12.1 Å². The summed E-state index contributed by atoms with van der Waals surface area (Å²) in [6.07, 6.45) is 0. The van der Waals surface area contributed by atoms with E-state index in [2.05, 4.69) is 9.97 Å². The minimum atomic E-state index is -0.609. The molecule has 0 aliphatic rings. The van der Waals surface area contributed by atoms with Crippen LogP contribution in [0.3, 0.4) is 0 Å². The molecule has 0 amide bonds. The van der Waals surface area contributed by atoms with Crippen molar-refractivity contribution in [3.05, 3.63) is 63.1 Å². The molecule has 3 aromatic rings. The Morgan fingerprint density at radius 3 is 2.67 bits per heavy atom. The normalized spacial score (nSPS) is 11.3. The first kappa shape index (κ1) is 18.8. The van der Waals surface area contributed by atoms with Gasteiger partial charge in [0.1, 0.15) is 28.4 Å². The molecule has 1 N–H and O–H groups in total. The number of rotatable bonds is 6. The molecular weight excluding hydrogens is 353 g/mol. The van der Waals surface area contributed by atoms with Crippen LogP contribution in [-0.4, -0.2) is 34.5 Å². The molecule has 0 aliphatic carbocycles. The zero-order chi connectivity index (χ0) is 19.6. The van der Waals surface area contributed by atoms with Gasteiger partial charge in [-0.25, -0.2) is 9.18 Å². The van der Waals surface area contributed by atoms with E-state index in [9.17, 15) is 14.0 Å². The molecule has 0 spiro atoms. The van der Waals surface area contributed by atoms with Crippen LogP contribution >= 0.6 is 0 Å². The van der Waals surface area contributed by atoms with Crippen molar-refractivity contribution in [3.8, 4) is 0 Å². The average Bonchev–Trinajstić information content (AvgIpc) is 2.93. The molecule has 0 saturated carbocycles. The standard InChI is InChI=1S/C19H20FN3O4/c1-4-26-19(25)15-11(2)27-18-16(15)17(24)21-14(22-18)10-23(3)9-12-5-7-13(20)8-6-12/h5-8H,4,9-10H2,1-3H3,(H,21,22,24). The minimum absolute atomic E-state index is 0.0934. The highest BCUT2D eigenvalue weighted by Gasteiger charge is 2.23. The summed E-state index contributed by atoms with van der Waals surface area (Å²) in [6, 6.07) is 6.20. The molecule has 0 bridgehead atoms. The molecule has 0 atom stereocenters. The molecule has 0 unspecified atom stereocenters. The van der Waals surface area contributed by atoms with Gasteiger partial charge in [0, 0.05) is 6.54 Å². The van der Waals surface area contributed by atoms with Crippen molar-refractivity contribution in [1.29, 1.82) is 0 Å². The van der Waals surface area contributed by atoms with Crippen LogP contribution < -0.4 is 5.56 Å². The molecule has 0 aliphatic heterocycles. The molecule has 7 nitrogen and oxygen atoms in total. The van der Waals surface area contributed by atoms with Gasteiger partial charge in [0.25, 0.3) is 5.56 Å². The highest BCUT2D eigenvalue weighted by atomic mass is 19.1. The van der Waals surface area contributed by atoms with Gasteiger partial charge in [-0.15, -0.1) is 0 Å². The smallest absolute Gasteiger partial charge is 0.342 e. The molecule has 1 aromatic carbocycles. The summed E-state index contributed by atoms with van der Waals surface area (Å²) in [5.74, 6) is -0.204. The SMILES string of the molecule is CCOC(=O)c1c(C)oc2nc(CN(C)Cc3ccc(F)cc3)[nH]c(=O)c12. The Bertz CT molecular complexity index is 1020. The van der Waals surface area contributed by atoms with Crippen LogP contribution in [0.15, 0.2) is 33.5 Å². The Balaban J connectivity index is 1.85. The molecule has 0 saturated heterocycles. The van der Waals surface area contributed by atoms with E-state index in [0.717, 1.165) is 5.56 Å². The van der Waals surface area contributed by atoms with Crippen LogP contribution in [0.4, 0.5) is 4.39 Å². The lowest BCUT2D eigenvalue weighted by atomic mass is 10.2. The highest BCUT2D eigenvalue weighted by Crippen LogP contribution is 2.22. The van der Waals surface area contributed by atoms with Crippen LogP contribution in [-0.2, 0) is 17.8 Å². The Morgan fingerprint density at radius 2 is 2.00 bits per heavy atom. The molecule has 2 heterocycles. The molecular formula is C19H20FN3O4. The molecule has 0 radical (unpaired) electrons. The number of esters is 1. The number of aromatic nitrogens is 2. The van der Waals surface area contributed by atoms with Crippen LogP contribution in [0, 0.1) is 12.7 Å². The van der Waals surface area contributed by atoms with Crippen molar-refractivity contribution in [2.24, 2.45) is 0 Å². The Hall–Kier alpha value is -3.00. The van der Waals surface area contributed by atoms with E-state index in [1.807, 2.05) is 11.9 Å². The maximum Gasteiger partial charge on any atom is 0.342 e. The fourth-order valence-electron chi connectivity index (χ4n) is 2.90. The van der Waals surface area contributed by atoms with Gasteiger partial charge in [-0.2, -0.15) is 4.98 Å². The van der Waals surface area contributed by atoms with E-state index < -0.39 is 11.5 Å². The number of carbonyl (C=O) groups excluding carboxylic acids is 1. The van der Waals surface area contributed by atoms with E-state index in [1.54, 1.807) is 26.0 Å². The summed E-state index contributed by atoms with van der Waals surface area (Å²) in [5, 5.41) is 0.0934. The number of nitrogens with one attached hydrogen (secondary N) is 1. The fourth-order valence-corrected chi connectivity index (χ4v) is 2.90. The fraction of sp³-hybridized carbons (Fsp3) is 0.316. The first-order valence-electron chi connectivity index (χ1n) is 8.51. The van der Waals surface area contributed by atoms with Crippen LogP contribution in [0.1, 0.15) is 34.4 Å². The number of fused-ring (bicyclic) bond motifs is 1. The van der Waals surface area contributed by atoms with Gasteiger partial charge in [0.05, 0.1) is 13.2 Å². The predicted octanol–water partition coefficient (Wildman–Crippen LogP) is 2.77. The number of furan rings is 1.